The first-order valence-electron chi connectivity index (χ1n) is 6.19. The van der Waals surface area contributed by atoms with Crippen molar-refractivity contribution in [1.82, 2.24) is 5.32 Å². The van der Waals surface area contributed by atoms with Gasteiger partial charge in [-0.15, -0.1) is 0 Å². The van der Waals surface area contributed by atoms with E-state index in [0.717, 1.165) is 18.7 Å². The number of benzene rings is 1. The van der Waals surface area contributed by atoms with Crippen molar-refractivity contribution < 1.29 is 4.74 Å². The van der Waals surface area contributed by atoms with Gasteiger partial charge in [-0.2, -0.15) is 0 Å². The Balaban J connectivity index is 2.56. The summed E-state index contributed by atoms with van der Waals surface area (Å²) in [5.41, 5.74) is 1.35. The zero-order valence-corrected chi connectivity index (χ0v) is 10.6. The predicted octanol–water partition coefficient (Wildman–Crippen LogP) is 3.54. The van der Waals surface area contributed by atoms with E-state index >= 15 is 0 Å². The third-order valence-corrected chi connectivity index (χ3v) is 2.85. The number of hydrogen-bond acceptors (Lipinski definition) is 2. The highest BCUT2D eigenvalue weighted by Crippen LogP contribution is 2.19. The Kier molecular flexibility index (Phi) is 5.94. The molecule has 2 nitrogen and oxygen atoms in total. The summed E-state index contributed by atoms with van der Waals surface area (Å²) >= 11 is 0. The Hall–Kier alpha value is -1.02. The molecule has 0 aromatic heterocycles. The molecule has 0 saturated heterocycles. The molecule has 0 aliphatic heterocycles. The van der Waals surface area contributed by atoms with E-state index in [2.05, 4.69) is 31.3 Å². The van der Waals surface area contributed by atoms with Gasteiger partial charge in [-0.25, -0.2) is 0 Å². The van der Waals surface area contributed by atoms with Crippen LogP contribution in [0.5, 0.6) is 5.75 Å². The van der Waals surface area contributed by atoms with Gasteiger partial charge in [-0.05, 0) is 37.1 Å². The minimum atomic E-state index is 0.470. The number of unbranched alkanes of at least 4 members (excludes halogenated alkanes) is 1. The highest BCUT2D eigenvalue weighted by molar-refractivity contribution is 5.29. The summed E-state index contributed by atoms with van der Waals surface area (Å²) in [6.07, 6.45) is 3.61. The van der Waals surface area contributed by atoms with Gasteiger partial charge in [0.25, 0.3) is 0 Å². The van der Waals surface area contributed by atoms with Gasteiger partial charge in [0.1, 0.15) is 5.75 Å². The smallest absolute Gasteiger partial charge is 0.118 e. The number of ether oxygens (including phenoxy) is 1. The lowest BCUT2D eigenvalue weighted by atomic mass is 10.0. The van der Waals surface area contributed by atoms with Crippen molar-refractivity contribution >= 4 is 0 Å². The molecule has 0 spiro atoms. The Morgan fingerprint density at radius 2 is 1.88 bits per heavy atom. The molecule has 1 N–H and O–H groups in total. The molecule has 16 heavy (non-hydrogen) atoms. The van der Waals surface area contributed by atoms with Crippen LogP contribution in [0.3, 0.4) is 0 Å². The lowest BCUT2D eigenvalue weighted by molar-refractivity contribution is 0.414. The van der Waals surface area contributed by atoms with E-state index in [4.69, 9.17) is 4.74 Å². The maximum Gasteiger partial charge on any atom is 0.118 e. The zero-order chi connectivity index (χ0) is 11.8. The van der Waals surface area contributed by atoms with Crippen LogP contribution in [0.4, 0.5) is 0 Å². The second kappa shape index (κ2) is 7.29. The van der Waals surface area contributed by atoms with E-state index in [1.807, 2.05) is 12.1 Å². The molecular weight excluding hydrogens is 198 g/mol. The largest absolute Gasteiger partial charge is 0.497 e. The second-order valence-electron chi connectivity index (χ2n) is 4.04. The van der Waals surface area contributed by atoms with Crippen LogP contribution in [0.25, 0.3) is 0 Å². The predicted molar refractivity (Wildman–Crippen MR) is 68.9 cm³/mol. The zero-order valence-electron chi connectivity index (χ0n) is 10.6. The molecule has 0 radical (unpaired) electrons. The molecule has 0 amide bonds. The van der Waals surface area contributed by atoms with Crippen LogP contribution in [0.2, 0.25) is 0 Å². The van der Waals surface area contributed by atoms with Gasteiger partial charge < -0.3 is 10.1 Å². The molecule has 90 valence electrons. The fourth-order valence-electron chi connectivity index (χ4n) is 1.79. The maximum absolute atomic E-state index is 5.16. The van der Waals surface area contributed by atoms with Crippen LogP contribution in [-0.4, -0.2) is 13.7 Å². The summed E-state index contributed by atoms with van der Waals surface area (Å²) in [7, 11) is 1.70. The quantitative estimate of drug-likeness (QED) is 0.711. The van der Waals surface area contributed by atoms with Gasteiger partial charge in [-0.1, -0.05) is 32.4 Å². The molecule has 0 aliphatic rings. The highest BCUT2D eigenvalue weighted by Gasteiger charge is 2.07. The molecule has 1 unspecified atom stereocenters. The molecular formula is C14H23NO. The molecule has 0 aliphatic carbocycles. The normalized spacial score (nSPS) is 12.4. The van der Waals surface area contributed by atoms with Gasteiger partial charge in [0, 0.05) is 6.04 Å². The summed E-state index contributed by atoms with van der Waals surface area (Å²) in [5, 5.41) is 3.58. The van der Waals surface area contributed by atoms with Crippen molar-refractivity contribution in [3.8, 4) is 5.75 Å². The summed E-state index contributed by atoms with van der Waals surface area (Å²) < 4.78 is 5.16. The molecule has 0 saturated carbocycles. The molecule has 0 heterocycles. The van der Waals surface area contributed by atoms with Crippen molar-refractivity contribution in [3.63, 3.8) is 0 Å². The topological polar surface area (TPSA) is 21.3 Å². The van der Waals surface area contributed by atoms with Gasteiger partial charge >= 0.3 is 0 Å². The lowest BCUT2D eigenvalue weighted by Gasteiger charge is -2.17. The van der Waals surface area contributed by atoms with E-state index in [-0.39, 0.29) is 0 Å². The standard InChI is InChI=1S/C14H23NO/c1-4-6-11-15-14(5-2)12-7-9-13(16-3)10-8-12/h7-10,14-15H,4-6,11H2,1-3H3. The maximum atomic E-state index is 5.16. The molecule has 1 rings (SSSR count). The Bertz CT molecular complexity index is 281. The summed E-state index contributed by atoms with van der Waals surface area (Å²) in [5.74, 6) is 0.923. The van der Waals surface area contributed by atoms with E-state index in [9.17, 15) is 0 Å². The van der Waals surface area contributed by atoms with Gasteiger partial charge in [0.2, 0.25) is 0 Å². The Labute approximate surface area is 99.0 Å². The van der Waals surface area contributed by atoms with Crippen molar-refractivity contribution in [2.45, 2.75) is 39.2 Å². The summed E-state index contributed by atoms with van der Waals surface area (Å²) in [6, 6.07) is 8.81. The molecule has 1 aromatic rings. The molecule has 0 fully saturated rings. The van der Waals surface area contributed by atoms with Crippen molar-refractivity contribution in [2.24, 2.45) is 0 Å². The van der Waals surface area contributed by atoms with E-state index < -0.39 is 0 Å². The number of hydrogen-bond donors (Lipinski definition) is 1. The van der Waals surface area contributed by atoms with Crippen LogP contribution in [0, 0.1) is 0 Å². The Morgan fingerprint density at radius 1 is 1.19 bits per heavy atom. The van der Waals surface area contributed by atoms with Gasteiger partial charge in [0.15, 0.2) is 0 Å². The minimum Gasteiger partial charge on any atom is -0.497 e. The van der Waals surface area contributed by atoms with Crippen molar-refractivity contribution in [1.29, 1.82) is 0 Å². The van der Waals surface area contributed by atoms with Crippen LogP contribution in [0.1, 0.15) is 44.7 Å². The average Bonchev–Trinajstić information content (AvgIpc) is 2.35. The molecule has 1 aromatic carbocycles. The fraction of sp³-hybridized carbons (Fsp3) is 0.571. The first-order chi connectivity index (χ1) is 7.81. The van der Waals surface area contributed by atoms with Gasteiger partial charge in [0.05, 0.1) is 7.11 Å². The number of rotatable bonds is 7. The second-order valence-corrected chi connectivity index (χ2v) is 4.04. The van der Waals surface area contributed by atoms with Crippen LogP contribution in [0.15, 0.2) is 24.3 Å². The molecule has 2 heteroatoms. The minimum absolute atomic E-state index is 0.470. The summed E-state index contributed by atoms with van der Waals surface area (Å²) in [4.78, 5) is 0. The van der Waals surface area contributed by atoms with Crippen LogP contribution in [-0.2, 0) is 0 Å². The third kappa shape index (κ3) is 3.86. The molecule has 0 bridgehead atoms. The van der Waals surface area contributed by atoms with E-state index in [0.29, 0.717) is 6.04 Å². The third-order valence-electron chi connectivity index (χ3n) is 2.85. The van der Waals surface area contributed by atoms with E-state index in [1.54, 1.807) is 7.11 Å². The Morgan fingerprint density at radius 3 is 2.38 bits per heavy atom. The van der Waals surface area contributed by atoms with Crippen molar-refractivity contribution in [3.05, 3.63) is 29.8 Å². The SMILES string of the molecule is CCCCNC(CC)c1ccc(OC)cc1. The van der Waals surface area contributed by atoms with Crippen LogP contribution < -0.4 is 10.1 Å². The first kappa shape index (κ1) is 13.0. The van der Waals surface area contributed by atoms with Crippen LogP contribution >= 0.6 is 0 Å². The average molecular weight is 221 g/mol. The fourth-order valence-corrected chi connectivity index (χ4v) is 1.79. The lowest BCUT2D eigenvalue weighted by Crippen LogP contribution is -2.21. The molecule has 1 atom stereocenters. The van der Waals surface area contributed by atoms with E-state index in [1.165, 1.54) is 18.4 Å². The number of methoxy groups -OCH3 is 1. The summed E-state index contributed by atoms with van der Waals surface area (Å²) in [6.45, 7) is 5.53. The monoisotopic (exact) mass is 221 g/mol. The first-order valence-corrected chi connectivity index (χ1v) is 6.19. The number of nitrogens with one attached hydrogen (secondary N) is 1. The van der Waals surface area contributed by atoms with Gasteiger partial charge in [-0.3, -0.25) is 0 Å². The van der Waals surface area contributed by atoms with Crippen molar-refractivity contribution in [2.75, 3.05) is 13.7 Å². The highest BCUT2D eigenvalue weighted by atomic mass is 16.5.